The maximum Gasteiger partial charge on any atom is 0.251 e. The van der Waals surface area contributed by atoms with Gasteiger partial charge in [-0.3, -0.25) is 4.79 Å². The molecule has 1 aromatic rings. The zero-order valence-electron chi connectivity index (χ0n) is 9.35. The largest absolute Gasteiger partial charge is 0.409 e. The molecule has 92 valence electrons. The maximum atomic E-state index is 11.7. The number of amidine groups is 1. The lowest BCUT2D eigenvalue weighted by molar-refractivity contribution is 0.0951. The minimum atomic E-state index is -0.245. The summed E-state index contributed by atoms with van der Waals surface area (Å²) in [7, 11) is 0. The van der Waals surface area contributed by atoms with Crippen molar-refractivity contribution in [1.29, 1.82) is 0 Å². The van der Waals surface area contributed by atoms with Gasteiger partial charge >= 0.3 is 0 Å². The zero-order chi connectivity index (χ0) is 12.8. The Balaban J connectivity index is 2.56. The summed E-state index contributed by atoms with van der Waals surface area (Å²) in [6.07, 6.45) is 0. The van der Waals surface area contributed by atoms with E-state index in [1.54, 1.807) is 31.2 Å². The SMILES string of the molecule is CC(CNC(=O)c1cccc(Cl)c1)/C(N)=N/O. The van der Waals surface area contributed by atoms with Crippen LogP contribution in [0.4, 0.5) is 0 Å². The fourth-order valence-electron chi connectivity index (χ4n) is 1.18. The molecule has 0 aliphatic heterocycles. The summed E-state index contributed by atoms with van der Waals surface area (Å²) in [5.41, 5.74) is 5.87. The van der Waals surface area contributed by atoms with Gasteiger partial charge in [0.2, 0.25) is 0 Å². The molecule has 1 aromatic carbocycles. The molecule has 5 nitrogen and oxygen atoms in total. The average molecular weight is 256 g/mol. The molecule has 0 aliphatic carbocycles. The van der Waals surface area contributed by atoms with Gasteiger partial charge in [0, 0.05) is 23.0 Å². The molecule has 1 unspecified atom stereocenters. The van der Waals surface area contributed by atoms with Crippen molar-refractivity contribution in [3.63, 3.8) is 0 Å². The van der Waals surface area contributed by atoms with Crippen LogP contribution in [-0.4, -0.2) is 23.5 Å². The van der Waals surface area contributed by atoms with Crippen molar-refractivity contribution in [2.24, 2.45) is 16.8 Å². The molecule has 1 rings (SSSR count). The predicted molar refractivity (Wildman–Crippen MR) is 66.4 cm³/mol. The smallest absolute Gasteiger partial charge is 0.251 e. The maximum absolute atomic E-state index is 11.7. The van der Waals surface area contributed by atoms with Crippen molar-refractivity contribution in [1.82, 2.24) is 5.32 Å². The molecule has 0 bridgehead atoms. The fraction of sp³-hybridized carbons (Fsp3) is 0.273. The second-order valence-electron chi connectivity index (χ2n) is 3.65. The van der Waals surface area contributed by atoms with E-state index in [0.717, 1.165) is 0 Å². The second-order valence-corrected chi connectivity index (χ2v) is 4.08. The molecule has 0 aliphatic rings. The van der Waals surface area contributed by atoms with E-state index in [-0.39, 0.29) is 17.7 Å². The van der Waals surface area contributed by atoms with Crippen LogP contribution in [-0.2, 0) is 0 Å². The van der Waals surface area contributed by atoms with Gasteiger partial charge in [0.05, 0.1) is 0 Å². The van der Waals surface area contributed by atoms with Crippen molar-refractivity contribution in [3.05, 3.63) is 34.9 Å². The van der Waals surface area contributed by atoms with Gasteiger partial charge in [-0.15, -0.1) is 0 Å². The van der Waals surface area contributed by atoms with Crippen molar-refractivity contribution < 1.29 is 10.0 Å². The molecule has 0 heterocycles. The van der Waals surface area contributed by atoms with Gasteiger partial charge in [-0.05, 0) is 18.2 Å². The number of hydrogen-bond donors (Lipinski definition) is 3. The lowest BCUT2D eigenvalue weighted by Gasteiger charge is -2.11. The molecule has 6 heteroatoms. The number of amides is 1. The normalized spacial score (nSPS) is 13.2. The Kier molecular flexibility index (Phi) is 4.78. The van der Waals surface area contributed by atoms with Crippen LogP contribution in [0.1, 0.15) is 17.3 Å². The lowest BCUT2D eigenvalue weighted by atomic mass is 10.1. The van der Waals surface area contributed by atoms with Crippen LogP contribution < -0.4 is 11.1 Å². The monoisotopic (exact) mass is 255 g/mol. The minimum Gasteiger partial charge on any atom is -0.409 e. The molecule has 0 fully saturated rings. The predicted octanol–water partition coefficient (Wildman–Crippen LogP) is 1.45. The van der Waals surface area contributed by atoms with E-state index in [4.69, 9.17) is 22.5 Å². The summed E-state index contributed by atoms with van der Waals surface area (Å²) >= 11 is 5.77. The Morgan fingerprint density at radius 2 is 2.35 bits per heavy atom. The van der Waals surface area contributed by atoms with Crippen LogP contribution in [0.2, 0.25) is 5.02 Å². The number of carbonyl (C=O) groups is 1. The number of nitrogens with two attached hydrogens (primary N) is 1. The molecule has 0 aromatic heterocycles. The molecule has 17 heavy (non-hydrogen) atoms. The van der Waals surface area contributed by atoms with Gasteiger partial charge in [0.1, 0.15) is 5.84 Å². The standard InChI is InChI=1S/C11H14ClN3O2/c1-7(10(13)15-17)6-14-11(16)8-3-2-4-9(12)5-8/h2-5,7,17H,6H2,1H3,(H2,13,15)(H,14,16). The first-order valence-electron chi connectivity index (χ1n) is 5.05. The Labute approximate surface area is 104 Å². The highest BCUT2D eigenvalue weighted by Crippen LogP contribution is 2.10. The van der Waals surface area contributed by atoms with Gasteiger partial charge in [0.25, 0.3) is 5.91 Å². The van der Waals surface area contributed by atoms with Crippen molar-refractivity contribution in [3.8, 4) is 0 Å². The van der Waals surface area contributed by atoms with Gasteiger partial charge in [-0.25, -0.2) is 0 Å². The number of nitrogens with one attached hydrogen (secondary N) is 1. The third kappa shape index (κ3) is 3.96. The van der Waals surface area contributed by atoms with Gasteiger partial charge in [0.15, 0.2) is 0 Å². The van der Waals surface area contributed by atoms with Crippen LogP contribution in [0.5, 0.6) is 0 Å². The summed E-state index contributed by atoms with van der Waals surface area (Å²) in [5.74, 6) is -0.399. The number of hydrogen-bond acceptors (Lipinski definition) is 3. The van der Waals surface area contributed by atoms with Gasteiger partial charge in [-0.2, -0.15) is 0 Å². The van der Waals surface area contributed by atoms with Crippen molar-refractivity contribution >= 4 is 23.3 Å². The average Bonchev–Trinajstić information content (AvgIpc) is 2.34. The van der Waals surface area contributed by atoms with Crippen molar-refractivity contribution in [2.45, 2.75) is 6.92 Å². The van der Waals surface area contributed by atoms with E-state index < -0.39 is 0 Å². The summed E-state index contributed by atoms with van der Waals surface area (Å²) in [4.78, 5) is 11.7. The first kappa shape index (κ1) is 13.3. The number of rotatable bonds is 4. The van der Waals surface area contributed by atoms with E-state index in [1.807, 2.05) is 0 Å². The van der Waals surface area contributed by atoms with Crippen molar-refractivity contribution in [2.75, 3.05) is 6.54 Å². The Bertz CT molecular complexity index is 434. The Morgan fingerprint density at radius 3 is 2.94 bits per heavy atom. The first-order valence-corrected chi connectivity index (χ1v) is 5.43. The summed E-state index contributed by atoms with van der Waals surface area (Å²) in [6, 6.07) is 6.63. The van der Waals surface area contributed by atoms with Crippen LogP contribution in [0.15, 0.2) is 29.4 Å². The quantitative estimate of drug-likeness (QED) is 0.329. The van der Waals surface area contributed by atoms with E-state index in [9.17, 15) is 4.79 Å². The summed E-state index contributed by atoms with van der Waals surface area (Å²) in [6.45, 7) is 2.04. The summed E-state index contributed by atoms with van der Waals surface area (Å²) < 4.78 is 0. The highest BCUT2D eigenvalue weighted by molar-refractivity contribution is 6.30. The second kappa shape index (κ2) is 6.10. The number of oxime groups is 1. The molecular weight excluding hydrogens is 242 g/mol. The Morgan fingerprint density at radius 1 is 1.65 bits per heavy atom. The molecular formula is C11H14ClN3O2. The van der Waals surface area contributed by atoms with E-state index in [0.29, 0.717) is 17.1 Å². The molecule has 4 N–H and O–H groups in total. The molecule has 0 saturated carbocycles. The minimum absolute atomic E-state index is 0.0800. The number of benzene rings is 1. The van der Waals surface area contributed by atoms with Gasteiger partial charge in [-0.1, -0.05) is 29.7 Å². The third-order valence-corrected chi connectivity index (χ3v) is 2.51. The van der Waals surface area contributed by atoms with Gasteiger partial charge < -0.3 is 16.3 Å². The van der Waals surface area contributed by atoms with E-state index in [2.05, 4.69) is 10.5 Å². The lowest BCUT2D eigenvalue weighted by Crippen LogP contribution is -2.34. The highest BCUT2D eigenvalue weighted by atomic mass is 35.5. The van der Waals surface area contributed by atoms with Crippen LogP contribution in [0.3, 0.4) is 0 Å². The Hall–Kier alpha value is -1.75. The molecule has 0 saturated heterocycles. The van der Waals surface area contributed by atoms with Crippen LogP contribution >= 0.6 is 11.6 Å². The topological polar surface area (TPSA) is 87.7 Å². The number of carbonyl (C=O) groups excluding carboxylic acids is 1. The third-order valence-electron chi connectivity index (χ3n) is 2.28. The summed E-state index contributed by atoms with van der Waals surface area (Å²) in [5, 5.41) is 14.5. The number of halogens is 1. The van der Waals surface area contributed by atoms with Crippen LogP contribution in [0, 0.1) is 5.92 Å². The molecule has 1 amide bonds. The first-order chi connectivity index (χ1) is 8.04. The highest BCUT2D eigenvalue weighted by Gasteiger charge is 2.10. The number of nitrogens with zero attached hydrogens (tertiary/aromatic N) is 1. The zero-order valence-corrected chi connectivity index (χ0v) is 10.1. The van der Waals surface area contributed by atoms with Crippen LogP contribution in [0.25, 0.3) is 0 Å². The van der Waals surface area contributed by atoms with E-state index in [1.165, 1.54) is 0 Å². The molecule has 1 atom stereocenters. The fourth-order valence-corrected chi connectivity index (χ4v) is 1.37. The molecule has 0 radical (unpaired) electrons. The molecule has 0 spiro atoms. The van der Waals surface area contributed by atoms with E-state index >= 15 is 0 Å².